The number of para-hydroxylation sites is 1. The summed E-state index contributed by atoms with van der Waals surface area (Å²) in [4.78, 5) is 16.4. The zero-order valence-electron chi connectivity index (χ0n) is 11.9. The van der Waals surface area contributed by atoms with E-state index < -0.39 is 5.82 Å². The second kappa shape index (κ2) is 7.36. The second-order valence-corrected chi connectivity index (χ2v) is 5.15. The number of amides is 1. The number of rotatable bonds is 5. The standard InChI is InChI=1S/C15H22FN3O/c1-2-7-18-8-10-19(11-9-18)12-15(20)17-14-6-4-3-5-13(14)16/h3-6H,2,7-12H2,1H3,(H,17,20). The van der Waals surface area contributed by atoms with E-state index in [0.717, 1.165) is 39.1 Å². The lowest BCUT2D eigenvalue weighted by Gasteiger charge is -2.34. The summed E-state index contributed by atoms with van der Waals surface area (Å²) < 4.78 is 13.4. The molecule has 0 bridgehead atoms. The smallest absolute Gasteiger partial charge is 0.238 e. The van der Waals surface area contributed by atoms with Crippen LogP contribution < -0.4 is 5.32 Å². The molecule has 1 aromatic rings. The first-order chi connectivity index (χ1) is 9.69. The molecule has 0 unspecified atom stereocenters. The van der Waals surface area contributed by atoms with Crippen molar-refractivity contribution in [3.8, 4) is 0 Å². The average Bonchev–Trinajstić information content (AvgIpc) is 2.44. The average molecular weight is 279 g/mol. The lowest BCUT2D eigenvalue weighted by atomic mass is 10.2. The van der Waals surface area contributed by atoms with Crippen LogP contribution in [-0.2, 0) is 4.79 Å². The van der Waals surface area contributed by atoms with Gasteiger partial charge in [-0.2, -0.15) is 0 Å². The van der Waals surface area contributed by atoms with Gasteiger partial charge in [0.05, 0.1) is 12.2 Å². The van der Waals surface area contributed by atoms with Crippen LogP contribution in [0.1, 0.15) is 13.3 Å². The van der Waals surface area contributed by atoms with E-state index in [1.54, 1.807) is 18.2 Å². The summed E-state index contributed by atoms with van der Waals surface area (Å²) in [7, 11) is 0. The van der Waals surface area contributed by atoms with E-state index in [-0.39, 0.29) is 11.6 Å². The highest BCUT2D eigenvalue weighted by Crippen LogP contribution is 2.12. The van der Waals surface area contributed by atoms with Gasteiger partial charge in [0.25, 0.3) is 0 Å². The van der Waals surface area contributed by atoms with E-state index in [0.29, 0.717) is 6.54 Å². The molecule has 0 aromatic heterocycles. The van der Waals surface area contributed by atoms with E-state index in [2.05, 4.69) is 22.0 Å². The summed E-state index contributed by atoms with van der Waals surface area (Å²) in [5, 5.41) is 2.62. The van der Waals surface area contributed by atoms with Crippen LogP contribution in [0.5, 0.6) is 0 Å². The van der Waals surface area contributed by atoms with Crippen molar-refractivity contribution < 1.29 is 9.18 Å². The molecule has 1 aromatic carbocycles. The summed E-state index contributed by atoms with van der Waals surface area (Å²) in [5.74, 6) is -0.548. The number of carbonyl (C=O) groups excluding carboxylic acids is 1. The van der Waals surface area contributed by atoms with Crippen LogP contribution in [0.4, 0.5) is 10.1 Å². The van der Waals surface area contributed by atoms with Crippen molar-refractivity contribution in [2.45, 2.75) is 13.3 Å². The van der Waals surface area contributed by atoms with Gasteiger partial charge in [-0.15, -0.1) is 0 Å². The molecule has 0 spiro atoms. The van der Waals surface area contributed by atoms with Crippen LogP contribution in [0.3, 0.4) is 0 Å². The van der Waals surface area contributed by atoms with Crippen LogP contribution >= 0.6 is 0 Å². The fourth-order valence-electron chi connectivity index (χ4n) is 2.44. The Hall–Kier alpha value is -1.46. The number of nitrogens with zero attached hydrogens (tertiary/aromatic N) is 2. The molecule has 0 saturated carbocycles. The number of hydrogen-bond acceptors (Lipinski definition) is 3. The summed E-state index contributed by atoms with van der Waals surface area (Å²) in [6, 6.07) is 6.24. The molecule has 20 heavy (non-hydrogen) atoms. The molecule has 1 aliphatic rings. The SMILES string of the molecule is CCCN1CCN(CC(=O)Nc2ccccc2F)CC1. The maximum Gasteiger partial charge on any atom is 0.238 e. The molecule has 110 valence electrons. The molecule has 1 aliphatic heterocycles. The van der Waals surface area contributed by atoms with Gasteiger partial charge < -0.3 is 10.2 Å². The van der Waals surface area contributed by atoms with Crippen LogP contribution in [0.2, 0.25) is 0 Å². The largest absolute Gasteiger partial charge is 0.322 e. The summed E-state index contributed by atoms with van der Waals surface area (Å²) in [6.07, 6.45) is 1.16. The van der Waals surface area contributed by atoms with E-state index in [1.807, 2.05) is 0 Å². The monoisotopic (exact) mass is 279 g/mol. The van der Waals surface area contributed by atoms with E-state index in [1.165, 1.54) is 6.07 Å². The number of benzene rings is 1. The van der Waals surface area contributed by atoms with Gasteiger partial charge in [-0.3, -0.25) is 9.69 Å². The van der Waals surface area contributed by atoms with Crippen molar-refractivity contribution in [3.05, 3.63) is 30.1 Å². The minimum absolute atomic E-state index is 0.154. The molecule has 2 rings (SSSR count). The Bertz CT molecular complexity index is 444. The number of hydrogen-bond donors (Lipinski definition) is 1. The Labute approximate surface area is 119 Å². The molecule has 4 nitrogen and oxygen atoms in total. The van der Waals surface area contributed by atoms with Gasteiger partial charge in [-0.1, -0.05) is 19.1 Å². The third-order valence-corrected chi connectivity index (χ3v) is 3.52. The zero-order chi connectivity index (χ0) is 14.4. The fourth-order valence-corrected chi connectivity index (χ4v) is 2.44. The highest BCUT2D eigenvalue weighted by Gasteiger charge is 2.18. The molecule has 1 heterocycles. The highest BCUT2D eigenvalue weighted by atomic mass is 19.1. The van der Waals surface area contributed by atoms with Crippen LogP contribution in [-0.4, -0.2) is 55.0 Å². The van der Waals surface area contributed by atoms with E-state index in [4.69, 9.17) is 0 Å². The maximum atomic E-state index is 13.4. The Balaban J connectivity index is 1.77. The van der Waals surface area contributed by atoms with E-state index >= 15 is 0 Å². The van der Waals surface area contributed by atoms with Crippen LogP contribution in [0.15, 0.2) is 24.3 Å². The molecule has 1 saturated heterocycles. The predicted molar refractivity (Wildman–Crippen MR) is 78.2 cm³/mol. The van der Waals surface area contributed by atoms with Gasteiger partial charge in [0.15, 0.2) is 0 Å². The van der Waals surface area contributed by atoms with Crippen molar-refractivity contribution in [1.82, 2.24) is 9.80 Å². The first-order valence-electron chi connectivity index (χ1n) is 7.18. The Morgan fingerprint density at radius 1 is 1.20 bits per heavy atom. The van der Waals surface area contributed by atoms with Gasteiger partial charge >= 0.3 is 0 Å². The quantitative estimate of drug-likeness (QED) is 0.892. The molecule has 5 heteroatoms. The highest BCUT2D eigenvalue weighted by molar-refractivity contribution is 5.92. The van der Waals surface area contributed by atoms with Gasteiger partial charge in [0, 0.05) is 26.2 Å². The lowest BCUT2D eigenvalue weighted by molar-refractivity contribution is -0.117. The number of piperazine rings is 1. The van der Waals surface area contributed by atoms with E-state index in [9.17, 15) is 9.18 Å². The van der Waals surface area contributed by atoms with Gasteiger partial charge in [-0.05, 0) is 25.1 Å². The first-order valence-corrected chi connectivity index (χ1v) is 7.18. The second-order valence-electron chi connectivity index (χ2n) is 5.15. The first kappa shape index (κ1) is 14.9. The molecule has 1 fully saturated rings. The molecule has 0 atom stereocenters. The van der Waals surface area contributed by atoms with Gasteiger partial charge in [0.2, 0.25) is 5.91 Å². The molecule has 0 radical (unpaired) electrons. The van der Waals surface area contributed by atoms with Crippen LogP contribution in [0.25, 0.3) is 0 Å². The predicted octanol–water partition coefficient (Wildman–Crippen LogP) is 1.79. The molecular formula is C15H22FN3O. The maximum absolute atomic E-state index is 13.4. The van der Waals surface area contributed by atoms with Gasteiger partial charge in [0.1, 0.15) is 5.82 Å². The van der Waals surface area contributed by atoms with Crippen molar-refractivity contribution >= 4 is 11.6 Å². The third-order valence-electron chi connectivity index (χ3n) is 3.52. The normalized spacial score (nSPS) is 17.1. The number of anilines is 1. The summed E-state index contributed by atoms with van der Waals surface area (Å²) >= 11 is 0. The topological polar surface area (TPSA) is 35.6 Å². The number of nitrogens with one attached hydrogen (secondary N) is 1. The van der Waals surface area contributed by atoms with Crippen molar-refractivity contribution in [3.63, 3.8) is 0 Å². The molecule has 1 amide bonds. The van der Waals surface area contributed by atoms with Crippen molar-refractivity contribution in [2.75, 3.05) is 44.6 Å². The number of halogens is 1. The molecule has 1 N–H and O–H groups in total. The number of carbonyl (C=O) groups is 1. The molecular weight excluding hydrogens is 257 g/mol. The fraction of sp³-hybridized carbons (Fsp3) is 0.533. The minimum atomic E-state index is -0.395. The Morgan fingerprint density at radius 2 is 1.85 bits per heavy atom. The Morgan fingerprint density at radius 3 is 2.50 bits per heavy atom. The summed E-state index contributed by atoms with van der Waals surface area (Å²) in [5.41, 5.74) is 0.252. The minimum Gasteiger partial charge on any atom is -0.322 e. The van der Waals surface area contributed by atoms with Crippen LogP contribution in [0, 0.1) is 5.82 Å². The third kappa shape index (κ3) is 4.28. The van der Waals surface area contributed by atoms with Gasteiger partial charge in [-0.25, -0.2) is 4.39 Å². The zero-order valence-corrected chi connectivity index (χ0v) is 11.9. The lowest BCUT2D eigenvalue weighted by Crippen LogP contribution is -2.48. The summed E-state index contributed by atoms with van der Waals surface area (Å²) in [6.45, 7) is 7.41. The Kier molecular flexibility index (Phi) is 5.49. The van der Waals surface area contributed by atoms with Crippen molar-refractivity contribution in [1.29, 1.82) is 0 Å². The molecule has 0 aliphatic carbocycles. The van der Waals surface area contributed by atoms with Crippen molar-refractivity contribution in [2.24, 2.45) is 0 Å².